The van der Waals surface area contributed by atoms with E-state index in [2.05, 4.69) is 19.1 Å². The SMILES string of the molecule is C/C=C/C1CCC2CC(C3CCC(C(=O)Oc4ccc(OC)cc4F)CC3)CCC2C1. The number of hydrogen-bond acceptors (Lipinski definition) is 3. The molecule has 1 aromatic rings. The summed E-state index contributed by atoms with van der Waals surface area (Å²) in [6.07, 6.45) is 16.9. The fraction of sp³-hybridized carbons (Fsp3) is 0.667. The molecule has 0 N–H and O–H groups in total. The van der Waals surface area contributed by atoms with E-state index in [0.29, 0.717) is 5.75 Å². The highest BCUT2D eigenvalue weighted by molar-refractivity contribution is 5.75. The lowest BCUT2D eigenvalue weighted by Gasteiger charge is -2.45. The van der Waals surface area contributed by atoms with Crippen LogP contribution in [-0.4, -0.2) is 13.1 Å². The van der Waals surface area contributed by atoms with Crippen LogP contribution in [0.3, 0.4) is 0 Å². The van der Waals surface area contributed by atoms with Gasteiger partial charge >= 0.3 is 5.97 Å². The Morgan fingerprint density at radius 3 is 2.26 bits per heavy atom. The van der Waals surface area contributed by atoms with Crippen molar-refractivity contribution in [1.82, 2.24) is 0 Å². The van der Waals surface area contributed by atoms with Gasteiger partial charge in [-0.05, 0) is 113 Å². The molecule has 0 spiro atoms. The van der Waals surface area contributed by atoms with Gasteiger partial charge < -0.3 is 9.47 Å². The van der Waals surface area contributed by atoms with Crippen LogP contribution in [0.1, 0.15) is 71.1 Å². The largest absolute Gasteiger partial charge is 0.497 e. The summed E-state index contributed by atoms with van der Waals surface area (Å²) in [6, 6.07) is 4.34. The van der Waals surface area contributed by atoms with E-state index in [0.717, 1.165) is 55.3 Å². The molecule has 0 aromatic heterocycles. The van der Waals surface area contributed by atoms with Crippen molar-refractivity contribution in [2.24, 2.45) is 35.5 Å². The highest BCUT2D eigenvalue weighted by atomic mass is 19.1. The number of hydrogen-bond donors (Lipinski definition) is 0. The van der Waals surface area contributed by atoms with Crippen LogP contribution in [-0.2, 0) is 4.79 Å². The quantitative estimate of drug-likeness (QED) is 0.289. The molecule has 3 fully saturated rings. The lowest BCUT2D eigenvalue weighted by Crippen LogP contribution is -2.35. The number of carbonyl (C=O) groups is 1. The van der Waals surface area contributed by atoms with Crippen molar-refractivity contribution < 1.29 is 18.7 Å². The minimum absolute atomic E-state index is 0.000216. The highest BCUT2D eigenvalue weighted by Crippen LogP contribution is 2.49. The minimum Gasteiger partial charge on any atom is -0.497 e. The van der Waals surface area contributed by atoms with Crippen LogP contribution in [0.15, 0.2) is 30.4 Å². The number of halogens is 1. The van der Waals surface area contributed by atoms with Crippen molar-refractivity contribution in [1.29, 1.82) is 0 Å². The molecule has 170 valence electrons. The molecule has 3 nitrogen and oxygen atoms in total. The molecular weight excluding hydrogens is 391 g/mol. The van der Waals surface area contributed by atoms with Crippen molar-refractivity contribution in [2.45, 2.75) is 71.1 Å². The summed E-state index contributed by atoms with van der Waals surface area (Å²) < 4.78 is 24.5. The topological polar surface area (TPSA) is 35.5 Å². The van der Waals surface area contributed by atoms with Gasteiger partial charge in [0.2, 0.25) is 0 Å². The van der Waals surface area contributed by atoms with Crippen LogP contribution >= 0.6 is 0 Å². The van der Waals surface area contributed by atoms with Gasteiger partial charge in [-0.3, -0.25) is 4.79 Å². The second-order valence-electron chi connectivity index (χ2n) is 10.0. The van der Waals surface area contributed by atoms with E-state index in [-0.39, 0.29) is 17.6 Å². The molecular formula is C27H37FO3. The minimum atomic E-state index is -0.553. The Bertz CT molecular complexity index is 781. The zero-order valence-electron chi connectivity index (χ0n) is 19.0. The van der Waals surface area contributed by atoms with E-state index in [4.69, 9.17) is 9.47 Å². The molecule has 0 heterocycles. The van der Waals surface area contributed by atoms with E-state index < -0.39 is 5.82 Å². The third kappa shape index (κ3) is 5.32. The number of esters is 1. The fourth-order valence-electron chi connectivity index (χ4n) is 6.55. The van der Waals surface area contributed by atoms with Gasteiger partial charge in [0.25, 0.3) is 0 Å². The Balaban J connectivity index is 1.25. The molecule has 0 saturated heterocycles. The maximum atomic E-state index is 14.1. The molecule has 0 radical (unpaired) electrons. The van der Waals surface area contributed by atoms with Crippen molar-refractivity contribution in [3.05, 3.63) is 36.2 Å². The monoisotopic (exact) mass is 428 g/mol. The molecule has 31 heavy (non-hydrogen) atoms. The van der Waals surface area contributed by atoms with Crippen LogP contribution in [0.5, 0.6) is 11.5 Å². The number of ether oxygens (including phenoxy) is 2. The summed E-state index contributed by atoms with van der Waals surface area (Å²) in [5.41, 5.74) is 0. The van der Waals surface area contributed by atoms with Gasteiger partial charge in [0.1, 0.15) is 5.75 Å². The fourth-order valence-corrected chi connectivity index (χ4v) is 6.55. The van der Waals surface area contributed by atoms with E-state index in [1.807, 2.05) is 0 Å². The van der Waals surface area contributed by atoms with Gasteiger partial charge in [0.15, 0.2) is 11.6 Å². The van der Waals surface area contributed by atoms with Crippen molar-refractivity contribution in [2.75, 3.05) is 7.11 Å². The standard InChI is InChI=1S/C27H37FO3/c1-3-4-18-5-6-23-16-22(12-11-21(23)15-18)19-7-9-20(10-8-19)27(29)31-26-14-13-24(30-2)17-25(26)28/h3-4,13-14,17-23H,5-12,15-16H2,1-2H3/b4-3+. The first-order valence-electron chi connectivity index (χ1n) is 12.3. The number of fused-ring (bicyclic) bond motifs is 1. The molecule has 4 heteroatoms. The Kier molecular flexibility index (Phi) is 7.35. The maximum Gasteiger partial charge on any atom is 0.314 e. The summed E-state index contributed by atoms with van der Waals surface area (Å²) in [5, 5.41) is 0. The summed E-state index contributed by atoms with van der Waals surface area (Å²) in [7, 11) is 1.49. The van der Waals surface area contributed by atoms with Crippen molar-refractivity contribution >= 4 is 5.97 Å². The van der Waals surface area contributed by atoms with Crippen LogP contribution in [0.2, 0.25) is 0 Å². The molecule has 1 aromatic carbocycles. The van der Waals surface area contributed by atoms with Crippen molar-refractivity contribution in [3.8, 4) is 11.5 Å². The first-order chi connectivity index (χ1) is 15.1. The van der Waals surface area contributed by atoms with E-state index in [1.165, 1.54) is 57.8 Å². The number of allylic oxidation sites excluding steroid dienone is 2. The third-order valence-electron chi connectivity index (χ3n) is 8.28. The second kappa shape index (κ2) is 10.2. The van der Waals surface area contributed by atoms with Gasteiger partial charge in [-0.25, -0.2) is 4.39 Å². The van der Waals surface area contributed by atoms with Gasteiger partial charge in [0, 0.05) is 6.07 Å². The molecule has 3 saturated carbocycles. The van der Waals surface area contributed by atoms with Gasteiger partial charge in [0.05, 0.1) is 13.0 Å². The maximum absolute atomic E-state index is 14.1. The molecule has 4 unspecified atom stereocenters. The predicted octanol–water partition coefficient (Wildman–Crippen LogP) is 6.95. The smallest absolute Gasteiger partial charge is 0.314 e. The summed E-state index contributed by atoms with van der Waals surface area (Å²) >= 11 is 0. The lowest BCUT2D eigenvalue weighted by molar-refractivity contribution is -0.140. The Labute approximate surface area is 186 Å². The molecule has 4 rings (SSSR count). The first-order valence-corrected chi connectivity index (χ1v) is 12.3. The zero-order chi connectivity index (χ0) is 21.8. The Hall–Kier alpha value is -1.84. The summed E-state index contributed by atoms with van der Waals surface area (Å²) in [6.45, 7) is 2.14. The predicted molar refractivity (Wildman–Crippen MR) is 121 cm³/mol. The Morgan fingerprint density at radius 1 is 0.935 bits per heavy atom. The Morgan fingerprint density at radius 2 is 1.58 bits per heavy atom. The van der Waals surface area contributed by atoms with E-state index >= 15 is 0 Å². The van der Waals surface area contributed by atoms with Crippen molar-refractivity contribution in [3.63, 3.8) is 0 Å². The number of methoxy groups -OCH3 is 1. The number of benzene rings is 1. The molecule has 3 aliphatic carbocycles. The average molecular weight is 429 g/mol. The highest BCUT2D eigenvalue weighted by Gasteiger charge is 2.39. The van der Waals surface area contributed by atoms with Crippen LogP contribution in [0, 0.1) is 41.3 Å². The number of carbonyl (C=O) groups excluding carboxylic acids is 1. The van der Waals surface area contributed by atoms with E-state index in [1.54, 1.807) is 6.07 Å². The lowest BCUT2D eigenvalue weighted by atomic mass is 9.61. The first kappa shape index (κ1) is 22.4. The van der Waals surface area contributed by atoms with Gasteiger partial charge in [-0.1, -0.05) is 12.2 Å². The van der Waals surface area contributed by atoms with Crippen LogP contribution in [0.25, 0.3) is 0 Å². The average Bonchev–Trinajstić information content (AvgIpc) is 2.80. The second-order valence-corrected chi connectivity index (χ2v) is 10.0. The van der Waals surface area contributed by atoms with Crippen LogP contribution in [0.4, 0.5) is 4.39 Å². The zero-order valence-corrected chi connectivity index (χ0v) is 19.0. The third-order valence-corrected chi connectivity index (χ3v) is 8.28. The summed E-state index contributed by atoms with van der Waals surface area (Å²) in [5.74, 6) is 3.70. The molecule has 0 amide bonds. The van der Waals surface area contributed by atoms with Crippen LogP contribution < -0.4 is 9.47 Å². The van der Waals surface area contributed by atoms with E-state index in [9.17, 15) is 9.18 Å². The van der Waals surface area contributed by atoms with Gasteiger partial charge in [-0.15, -0.1) is 0 Å². The molecule has 0 aliphatic heterocycles. The van der Waals surface area contributed by atoms with Gasteiger partial charge in [-0.2, -0.15) is 0 Å². The summed E-state index contributed by atoms with van der Waals surface area (Å²) in [4.78, 5) is 12.6. The number of rotatable bonds is 5. The molecule has 0 bridgehead atoms. The molecule has 4 atom stereocenters. The normalized spacial score (nSPS) is 33.6. The molecule has 3 aliphatic rings.